The molecule has 3 aromatic carbocycles. The van der Waals surface area contributed by atoms with Crippen LogP contribution >= 0.6 is 11.6 Å². The fourth-order valence-corrected chi connectivity index (χ4v) is 3.91. The third kappa shape index (κ3) is 3.00. The van der Waals surface area contributed by atoms with Crippen molar-refractivity contribution in [3.63, 3.8) is 0 Å². The smallest absolute Gasteiger partial charge is 0.264 e. The second-order valence-electron chi connectivity index (χ2n) is 7.05. The lowest BCUT2D eigenvalue weighted by atomic mass is 10.1. The fourth-order valence-electron chi connectivity index (χ4n) is 3.79. The van der Waals surface area contributed by atoms with Crippen molar-refractivity contribution >= 4 is 34.4 Å². The summed E-state index contributed by atoms with van der Waals surface area (Å²) in [5.41, 5.74) is 4.02. The van der Waals surface area contributed by atoms with E-state index in [1.54, 1.807) is 24.3 Å². The van der Waals surface area contributed by atoms with Crippen LogP contribution in [0.3, 0.4) is 0 Å². The van der Waals surface area contributed by atoms with E-state index in [4.69, 9.17) is 11.6 Å². The van der Waals surface area contributed by atoms with Gasteiger partial charge in [-0.1, -0.05) is 48.0 Å². The van der Waals surface area contributed by atoms with E-state index in [1.165, 1.54) is 4.90 Å². The van der Waals surface area contributed by atoms with Crippen molar-refractivity contribution in [1.29, 1.82) is 0 Å². The Kier molecular flexibility index (Phi) is 4.18. The van der Waals surface area contributed by atoms with E-state index in [-0.39, 0.29) is 18.5 Å². The Morgan fingerprint density at radius 2 is 1.41 bits per heavy atom. The highest BCUT2D eigenvalue weighted by atomic mass is 35.5. The zero-order valence-electron chi connectivity index (χ0n) is 15.5. The Morgan fingerprint density at radius 3 is 2.10 bits per heavy atom. The molecule has 0 N–H and O–H groups in total. The molecule has 142 valence electrons. The number of carbonyl (C=O) groups is 2. The largest absolute Gasteiger partial charge is 0.268 e. The van der Waals surface area contributed by atoms with E-state index < -0.39 is 0 Å². The summed E-state index contributed by atoms with van der Waals surface area (Å²) in [7, 11) is 0. The molecule has 2 heterocycles. The van der Waals surface area contributed by atoms with E-state index in [0.717, 1.165) is 16.6 Å². The Hall–Kier alpha value is -3.44. The van der Waals surface area contributed by atoms with Crippen LogP contribution in [0.25, 0.3) is 11.0 Å². The topological polar surface area (TPSA) is 46.2 Å². The van der Waals surface area contributed by atoms with Gasteiger partial charge in [-0.3, -0.25) is 9.59 Å². The van der Waals surface area contributed by atoms with E-state index in [0.29, 0.717) is 22.7 Å². The van der Waals surface area contributed by atoms with Crippen LogP contribution in [0.1, 0.15) is 26.3 Å². The van der Waals surface area contributed by atoms with Crippen LogP contribution in [-0.4, -0.2) is 21.3 Å². The van der Waals surface area contributed by atoms with E-state index in [9.17, 15) is 9.59 Å². The molecular weight excluding hydrogens is 386 g/mol. The van der Waals surface area contributed by atoms with Gasteiger partial charge in [0.25, 0.3) is 11.8 Å². The van der Waals surface area contributed by atoms with Gasteiger partial charge in [-0.25, -0.2) is 14.0 Å². The van der Waals surface area contributed by atoms with Gasteiger partial charge < -0.3 is 0 Å². The number of rotatable bonds is 4. The predicted octanol–water partition coefficient (Wildman–Crippen LogP) is 3.88. The first kappa shape index (κ1) is 17.6. The Balaban J connectivity index is 1.51. The van der Waals surface area contributed by atoms with Gasteiger partial charge in [0.15, 0.2) is 17.7 Å². The molecule has 0 unspecified atom stereocenters. The molecule has 2 amide bonds. The van der Waals surface area contributed by atoms with Crippen LogP contribution in [-0.2, 0) is 13.2 Å². The number of fused-ring (bicyclic) bond motifs is 2. The first-order valence-corrected chi connectivity index (χ1v) is 9.66. The lowest BCUT2D eigenvalue weighted by Gasteiger charge is -2.11. The number of hydrogen-bond acceptors (Lipinski definition) is 2. The van der Waals surface area contributed by atoms with Crippen LogP contribution in [0.2, 0.25) is 5.02 Å². The summed E-state index contributed by atoms with van der Waals surface area (Å²) in [5.74, 6) is -0.514. The number of imidazole rings is 1. The zero-order chi connectivity index (χ0) is 20.0. The molecule has 0 spiro atoms. The predicted molar refractivity (Wildman–Crippen MR) is 110 cm³/mol. The molecule has 4 aromatic rings. The van der Waals surface area contributed by atoms with Crippen molar-refractivity contribution in [2.45, 2.75) is 13.2 Å². The molecule has 5 nitrogen and oxygen atoms in total. The number of halogens is 1. The summed E-state index contributed by atoms with van der Waals surface area (Å²) in [6, 6.07) is 22.6. The van der Waals surface area contributed by atoms with Crippen LogP contribution in [0.5, 0.6) is 0 Å². The van der Waals surface area contributed by atoms with Crippen molar-refractivity contribution in [2.24, 2.45) is 0 Å². The minimum Gasteiger partial charge on any atom is -0.268 e. The Morgan fingerprint density at radius 1 is 0.793 bits per heavy atom. The molecule has 1 aliphatic rings. The minimum absolute atomic E-state index is 0.167. The maximum Gasteiger partial charge on any atom is 0.264 e. The maximum atomic E-state index is 12.7. The van der Waals surface area contributed by atoms with E-state index >= 15 is 0 Å². The molecule has 1 aliphatic heterocycles. The van der Waals surface area contributed by atoms with Gasteiger partial charge in [0.05, 0.1) is 11.1 Å². The number of carbonyl (C=O) groups excluding carboxylic acids is 2. The summed E-state index contributed by atoms with van der Waals surface area (Å²) >= 11 is 5.99. The van der Waals surface area contributed by atoms with Gasteiger partial charge in [-0.2, -0.15) is 0 Å². The lowest BCUT2D eigenvalue weighted by Crippen LogP contribution is -2.45. The summed E-state index contributed by atoms with van der Waals surface area (Å²) < 4.78 is 4.05. The third-order valence-electron chi connectivity index (χ3n) is 5.22. The minimum atomic E-state index is -0.257. The number of nitrogens with zero attached hydrogens (tertiary/aromatic N) is 3. The standard InChI is InChI=1S/C23H17ClN3O2/c24-17-11-9-16(10-12-17)13-25-14-26(21-8-4-3-7-20(21)25)15-27-22(28)18-5-1-2-6-19(18)23(27)29/h1-12,14H,13,15H2/q+1. The third-order valence-corrected chi connectivity index (χ3v) is 5.47. The Bertz CT molecular complexity index is 1230. The summed E-state index contributed by atoms with van der Waals surface area (Å²) in [6.07, 6.45) is 1.95. The molecule has 29 heavy (non-hydrogen) atoms. The average molecular weight is 403 g/mol. The molecule has 0 saturated heterocycles. The molecule has 6 heteroatoms. The van der Waals surface area contributed by atoms with Crippen molar-refractivity contribution in [3.8, 4) is 0 Å². The maximum absolute atomic E-state index is 12.7. The summed E-state index contributed by atoms with van der Waals surface area (Å²) in [4.78, 5) is 26.8. The van der Waals surface area contributed by atoms with Crippen molar-refractivity contribution < 1.29 is 14.2 Å². The normalized spacial score (nSPS) is 13.3. The SMILES string of the molecule is O=C1c2ccccc2C(=O)N1C[n+]1cn(Cc2ccc(Cl)cc2)c2ccccc21. The highest BCUT2D eigenvalue weighted by Crippen LogP contribution is 2.23. The molecule has 0 bridgehead atoms. The monoisotopic (exact) mass is 402 g/mol. The molecule has 0 saturated carbocycles. The van der Waals surface area contributed by atoms with Gasteiger partial charge in [0, 0.05) is 5.02 Å². The van der Waals surface area contributed by atoms with Crippen molar-refractivity contribution in [1.82, 2.24) is 9.47 Å². The number of para-hydroxylation sites is 2. The second kappa shape index (κ2) is 6.87. The van der Waals surface area contributed by atoms with Gasteiger partial charge >= 0.3 is 0 Å². The molecule has 1 aromatic heterocycles. The quantitative estimate of drug-likeness (QED) is 0.384. The van der Waals surface area contributed by atoms with Gasteiger partial charge in [0.1, 0.15) is 6.54 Å². The number of amides is 2. The summed E-state index contributed by atoms with van der Waals surface area (Å²) in [6.45, 7) is 0.827. The number of imide groups is 1. The van der Waals surface area contributed by atoms with Crippen LogP contribution < -0.4 is 4.57 Å². The van der Waals surface area contributed by atoms with Crippen molar-refractivity contribution in [2.75, 3.05) is 0 Å². The van der Waals surface area contributed by atoms with Gasteiger partial charge in [0.2, 0.25) is 6.33 Å². The highest BCUT2D eigenvalue weighted by molar-refractivity contribution is 6.30. The molecule has 0 radical (unpaired) electrons. The van der Waals surface area contributed by atoms with Crippen molar-refractivity contribution in [3.05, 3.63) is 101 Å². The molecule has 0 atom stereocenters. The zero-order valence-corrected chi connectivity index (χ0v) is 16.2. The number of benzene rings is 3. The number of aromatic nitrogens is 2. The fraction of sp³-hybridized carbons (Fsp3) is 0.0870. The van der Waals surface area contributed by atoms with Crippen LogP contribution in [0.4, 0.5) is 0 Å². The molecule has 5 rings (SSSR count). The van der Waals surface area contributed by atoms with Crippen LogP contribution in [0, 0.1) is 0 Å². The lowest BCUT2D eigenvalue weighted by molar-refractivity contribution is -0.685. The molecule has 0 aliphatic carbocycles. The first-order chi connectivity index (χ1) is 14.1. The number of hydrogen-bond donors (Lipinski definition) is 0. The molecule has 0 fully saturated rings. The summed E-state index contributed by atoms with van der Waals surface area (Å²) in [5, 5.41) is 0.701. The van der Waals surface area contributed by atoms with E-state index in [1.807, 2.05) is 59.4 Å². The first-order valence-electron chi connectivity index (χ1n) is 9.29. The molecular formula is C23H17ClN3O2+. The Labute approximate surface area is 172 Å². The second-order valence-corrected chi connectivity index (χ2v) is 7.49. The van der Waals surface area contributed by atoms with Crippen LogP contribution in [0.15, 0.2) is 79.1 Å². The van der Waals surface area contributed by atoms with E-state index in [2.05, 4.69) is 4.57 Å². The average Bonchev–Trinajstić information content (AvgIpc) is 3.21. The van der Waals surface area contributed by atoms with Gasteiger partial charge in [-0.05, 0) is 42.0 Å². The highest BCUT2D eigenvalue weighted by Gasteiger charge is 2.36. The van der Waals surface area contributed by atoms with Gasteiger partial charge in [-0.15, -0.1) is 0 Å².